The van der Waals surface area contributed by atoms with E-state index in [1.165, 1.54) is 11.8 Å². The SMILES string of the molecule is CSCCC1NC2(C(=O)N(C)c3ccccc32)C2C(=O)N(c3ccc(NC(C)=O)cc3)C(=O)C12. The van der Waals surface area contributed by atoms with Crippen molar-refractivity contribution in [2.24, 2.45) is 11.8 Å². The molecule has 1 spiro atoms. The normalized spacial score (nSPS) is 27.5. The standard InChI is InChI=1S/C25H26N4O4S/c1-14(30)26-15-8-10-16(11-9-15)29-22(31)20-18(12-13-34-3)27-25(21(20)23(29)32)17-6-4-5-7-19(17)28(2)24(25)33/h4-11,18,20-21,27H,12-13H2,1-3H3,(H,26,30). The molecular formula is C25H26N4O4S. The molecule has 3 aliphatic heterocycles. The smallest absolute Gasteiger partial charge is 0.252 e. The van der Waals surface area contributed by atoms with E-state index < -0.39 is 17.4 Å². The van der Waals surface area contributed by atoms with Crippen molar-refractivity contribution in [1.82, 2.24) is 5.32 Å². The third-order valence-electron chi connectivity index (χ3n) is 7.08. The van der Waals surface area contributed by atoms with Gasteiger partial charge in [-0.2, -0.15) is 11.8 Å². The van der Waals surface area contributed by atoms with Crippen LogP contribution in [0.2, 0.25) is 0 Å². The molecule has 2 fully saturated rings. The van der Waals surface area contributed by atoms with E-state index in [1.807, 2.05) is 30.5 Å². The van der Waals surface area contributed by atoms with Gasteiger partial charge in [0, 0.05) is 37.0 Å². The minimum atomic E-state index is -1.27. The summed E-state index contributed by atoms with van der Waals surface area (Å²) in [5.41, 5.74) is 1.24. The van der Waals surface area contributed by atoms with Crippen molar-refractivity contribution in [2.45, 2.75) is 24.9 Å². The van der Waals surface area contributed by atoms with Crippen LogP contribution >= 0.6 is 11.8 Å². The van der Waals surface area contributed by atoms with Crippen molar-refractivity contribution < 1.29 is 19.2 Å². The van der Waals surface area contributed by atoms with Crippen molar-refractivity contribution in [3.63, 3.8) is 0 Å². The maximum absolute atomic E-state index is 13.9. The average Bonchev–Trinajstić information content (AvgIpc) is 3.38. The molecule has 2 aromatic rings. The highest BCUT2D eigenvalue weighted by atomic mass is 32.2. The average molecular weight is 479 g/mol. The van der Waals surface area contributed by atoms with Gasteiger partial charge < -0.3 is 10.2 Å². The molecular weight excluding hydrogens is 452 g/mol. The number of thioether (sulfide) groups is 1. The van der Waals surface area contributed by atoms with Crippen molar-refractivity contribution in [3.8, 4) is 0 Å². The highest BCUT2D eigenvalue weighted by Crippen LogP contribution is 2.55. The summed E-state index contributed by atoms with van der Waals surface area (Å²) in [5.74, 6) is -1.76. The summed E-state index contributed by atoms with van der Waals surface area (Å²) in [6.07, 6.45) is 2.66. The van der Waals surface area contributed by atoms with Crippen molar-refractivity contribution in [1.29, 1.82) is 0 Å². The summed E-state index contributed by atoms with van der Waals surface area (Å²) in [7, 11) is 1.71. The van der Waals surface area contributed by atoms with Gasteiger partial charge in [0.05, 0.1) is 17.5 Å². The molecule has 9 heteroatoms. The van der Waals surface area contributed by atoms with E-state index in [2.05, 4.69) is 10.6 Å². The van der Waals surface area contributed by atoms with Crippen LogP contribution in [0.1, 0.15) is 18.9 Å². The topological polar surface area (TPSA) is 98.8 Å². The molecule has 4 unspecified atom stereocenters. The number of hydrogen-bond acceptors (Lipinski definition) is 6. The fraction of sp³-hybridized carbons (Fsp3) is 0.360. The number of amides is 4. The Labute approximate surface area is 202 Å². The monoisotopic (exact) mass is 478 g/mol. The van der Waals surface area contributed by atoms with Crippen LogP contribution in [0.3, 0.4) is 0 Å². The number of rotatable bonds is 5. The number of benzene rings is 2. The maximum atomic E-state index is 13.9. The first kappa shape index (κ1) is 22.6. The van der Waals surface area contributed by atoms with Crippen LogP contribution in [0, 0.1) is 11.8 Å². The number of nitrogens with zero attached hydrogens (tertiary/aromatic N) is 2. The van der Waals surface area contributed by atoms with Crippen LogP contribution < -0.4 is 20.4 Å². The molecule has 8 nitrogen and oxygen atoms in total. The Bertz CT molecular complexity index is 1200. The van der Waals surface area contributed by atoms with E-state index in [0.717, 1.165) is 17.0 Å². The first-order chi connectivity index (χ1) is 16.3. The molecule has 2 saturated heterocycles. The molecule has 176 valence electrons. The number of hydrogen-bond donors (Lipinski definition) is 2. The fourth-order valence-corrected chi connectivity index (χ4v) is 6.19. The van der Waals surface area contributed by atoms with Crippen molar-refractivity contribution in [2.75, 3.05) is 34.2 Å². The van der Waals surface area contributed by atoms with E-state index in [4.69, 9.17) is 0 Å². The molecule has 0 aromatic heterocycles. The zero-order valence-electron chi connectivity index (χ0n) is 19.2. The Morgan fingerprint density at radius 3 is 2.47 bits per heavy atom. The molecule has 3 heterocycles. The van der Waals surface area contributed by atoms with Crippen LogP contribution in [0.5, 0.6) is 0 Å². The van der Waals surface area contributed by atoms with Gasteiger partial charge in [0.1, 0.15) is 5.54 Å². The number of fused-ring (bicyclic) bond motifs is 4. The van der Waals surface area contributed by atoms with Crippen molar-refractivity contribution in [3.05, 3.63) is 54.1 Å². The van der Waals surface area contributed by atoms with Crippen LogP contribution in [0.4, 0.5) is 17.1 Å². The van der Waals surface area contributed by atoms with Gasteiger partial charge in [0.25, 0.3) is 5.91 Å². The zero-order valence-corrected chi connectivity index (χ0v) is 20.0. The predicted octanol–water partition coefficient (Wildman–Crippen LogP) is 2.35. The molecule has 0 bridgehead atoms. The van der Waals surface area contributed by atoms with Gasteiger partial charge in [-0.25, -0.2) is 4.90 Å². The Balaban J connectivity index is 1.59. The maximum Gasteiger partial charge on any atom is 0.252 e. The second-order valence-corrected chi connectivity index (χ2v) is 9.95. The molecule has 2 aromatic carbocycles. The molecule has 2 N–H and O–H groups in total. The lowest BCUT2D eigenvalue weighted by Crippen LogP contribution is -2.54. The second kappa shape index (κ2) is 8.25. The third kappa shape index (κ3) is 3.10. The quantitative estimate of drug-likeness (QED) is 0.640. The number of carbonyl (C=O) groups excluding carboxylic acids is 4. The van der Waals surface area contributed by atoms with E-state index in [-0.39, 0.29) is 29.7 Å². The molecule has 3 aliphatic rings. The number of nitrogens with one attached hydrogen (secondary N) is 2. The van der Waals surface area contributed by atoms with E-state index >= 15 is 0 Å². The van der Waals surface area contributed by atoms with Gasteiger partial charge >= 0.3 is 0 Å². The lowest BCUT2D eigenvalue weighted by atomic mass is 9.76. The lowest BCUT2D eigenvalue weighted by molar-refractivity contribution is -0.131. The summed E-state index contributed by atoms with van der Waals surface area (Å²) in [6, 6.07) is 13.8. The first-order valence-electron chi connectivity index (χ1n) is 11.2. The predicted molar refractivity (Wildman–Crippen MR) is 132 cm³/mol. The Morgan fingerprint density at radius 2 is 1.79 bits per heavy atom. The number of carbonyl (C=O) groups is 4. The fourth-order valence-electron chi connectivity index (χ4n) is 5.70. The summed E-state index contributed by atoms with van der Waals surface area (Å²) < 4.78 is 0. The van der Waals surface area contributed by atoms with E-state index in [9.17, 15) is 19.2 Å². The van der Waals surface area contributed by atoms with Gasteiger partial charge in [-0.05, 0) is 48.8 Å². The summed E-state index contributed by atoms with van der Waals surface area (Å²) in [6.45, 7) is 1.41. The number of anilines is 3. The molecule has 4 amide bonds. The molecule has 0 saturated carbocycles. The molecule has 34 heavy (non-hydrogen) atoms. The lowest BCUT2D eigenvalue weighted by Gasteiger charge is -2.30. The summed E-state index contributed by atoms with van der Waals surface area (Å²) >= 11 is 1.67. The number of likely N-dealkylation sites (N-methyl/N-ethyl adjacent to an activating group) is 1. The van der Waals surface area contributed by atoms with Gasteiger partial charge in [0.15, 0.2) is 0 Å². The minimum absolute atomic E-state index is 0.206. The largest absolute Gasteiger partial charge is 0.326 e. The summed E-state index contributed by atoms with van der Waals surface area (Å²) in [5, 5.41) is 6.17. The van der Waals surface area contributed by atoms with Gasteiger partial charge in [-0.3, -0.25) is 24.5 Å². The third-order valence-corrected chi connectivity index (χ3v) is 7.72. The number of para-hydroxylation sites is 1. The van der Waals surface area contributed by atoms with Gasteiger partial charge in [-0.1, -0.05) is 18.2 Å². The molecule has 0 aliphatic carbocycles. The van der Waals surface area contributed by atoms with Crippen LogP contribution in [-0.4, -0.2) is 48.7 Å². The van der Waals surface area contributed by atoms with Crippen LogP contribution in [0.15, 0.2) is 48.5 Å². The Morgan fingerprint density at radius 1 is 1.09 bits per heavy atom. The Kier molecular flexibility index (Phi) is 5.49. The van der Waals surface area contributed by atoms with Crippen LogP contribution in [-0.2, 0) is 24.7 Å². The van der Waals surface area contributed by atoms with Crippen molar-refractivity contribution >= 4 is 52.5 Å². The van der Waals surface area contributed by atoms with Crippen LogP contribution in [0.25, 0.3) is 0 Å². The van der Waals surface area contributed by atoms with Gasteiger partial charge in [0.2, 0.25) is 17.7 Å². The van der Waals surface area contributed by atoms with Gasteiger partial charge in [-0.15, -0.1) is 0 Å². The minimum Gasteiger partial charge on any atom is -0.326 e. The van der Waals surface area contributed by atoms with E-state index in [0.29, 0.717) is 17.8 Å². The highest BCUT2D eigenvalue weighted by Gasteiger charge is 2.71. The zero-order chi connectivity index (χ0) is 24.2. The highest BCUT2D eigenvalue weighted by molar-refractivity contribution is 7.98. The summed E-state index contributed by atoms with van der Waals surface area (Å²) in [4.78, 5) is 55.5. The second-order valence-electron chi connectivity index (χ2n) is 8.97. The first-order valence-corrected chi connectivity index (χ1v) is 12.6. The molecule has 4 atom stereocenters. The molecule has 5 rings (SSSR count). The number of imide groups is 1. The molecule has 0 radical (unpaired) electrons. The van der Waals surface area contributed by atoms with E-state index in [1.54, 1.807) is 48.0 Å². The Hall–Kier alpha value is -3.17.